The fraction of sp³-hybridized carbons (Fsp3) is 0.611. The van der Waals surface area contributed by atoms with Crippen LogP contribution in [0.4, 0.5) is 0 Å². The lowest BCUT2D eigenvalue weighted by Crippen LogP contribution is -2.46. The van der Waals surface area contributed by atoms with Crippen LogP contribution in [0.1, 0.15) is 44.6 Å². The SMILES string of the molecule is CC(N)CCC(=O)NCC1CCCCN1Cc1ccccc1. The van der Waals surface area contributed by atoms with Crippen molar-refractivity contribution >= 4 is 5.91 Å². The summed E-state index contributed by atoms with van der Waals surface area (Å²) in [5.74, 6) is 0.127. The Labute approximate surface area is 134 Å². The standard InChI is InChI=1S/C18H29N3O/c1-15(19)10-11-18(22)20-13-17-9-5-6-12-21(17)14-16-7-3-2-4-8-16/h2-4,7-8,15,17H,5-6,9-14,19H2,1H3,(H,20,22). The molecule has 0 bridgehead atoms. The van der Waals surface area contributed by atoms with Gasteiger partial charge in [-0.1, -0.05) is 36.8 Å². The molecule has 1 aliphatic heterocycles. The third-order valence-electron chi connectivity index (χ3n) is 4.34. The second-order valence-corrected chi connectivity index (χ2v) is 6.43. The first-order valence-corrected chi connectivity index (χ1v) is 8.45. The van der Waals surface area contributed by atoms with E-state index in [4.69, 9.17) is 5.73 Å². The van der Waals surface area contributed by atoms with Gasteiger partial charge in [-0.2, -0.15) is 0 Å². The highest BCUT2D eigenvalue weighted by atomic mass is 16.1. The highest BCUT2D eigenvalue weighted by molar-refractivity contribution is 5.75. The summed E-state index contributed by atoms with van der Waals surface area (Å²) in [6.07, 6.45) is 4.96. The lowest BCUT2D eigenvalue weighted by Gasteiger charge is -2.36. The number of benzene rings is 1. The number of nitrogens with one attached hydrogen (secondary N) is 1. The van der Waals surface area contributed by atoms with Crippen molar-refractivity contribution in [1.82, 2.24) is 10.2 Å². The van der Waals surface area contributed by atoms with Crippen molar-refractivity contribution in [2.45, 2.75) is 57.7 Å². The van der Waals surface area contributed by atoms with Crippen LogP contribution in [-0.2, 0) is 11.3 Å². The van der Waals surface area contributed by atoms with Gasteiger partial charge < -0.3 is 11.1 Å². The molecule has 1 aliphatic rings. The number of amides is 1. The van der Waals surface area contributed by atoms with Gasteiger partial charge in [0.05, 0.1) is 0 Å². The van der Waals surface area contributed by atoms with Gasteiger partial charge in [0.15, 0.2) is 0 Å². The molecular weight excluding hydrogens is 274 g/mol. The monoisotopic (exact) mass is 303 g/mol. The Morgan fingerprint density at radius 3 is 2.86 bits per heavy atom. The average Bonchev–Trinajstić information content (AvgIpc) is 2.53. The number of nitrogens with zero attached hydrogens (tertiary/aromatic N) is 1. The maximum atomic E-state index is 11.9. The zero-order chi connectivity index (χ0) is 15.8. The van der Waals surface area contributed by atoms with Gasteiger partial charge in [-0.05, 0) is 38.3 Å². The lowest BCUT2D eigenvalue weighted by atomic mass is 10.0. The molecule has 2 rings (SSSR count). The van der Waals surface area contributed by atoms with E-state index < -0.39 is 0 Å². The summed E-state index contributed by atoms with van der Waals surface area (Å²) < 4.78 is 0. The normalized spacial score (nSPS) is 20.5. The molecule has 1 fully saturated rings. The molecule has 4 nitrogen and oxygen atoms in total. The number of piperidine rings is 1. The van der Waals surface area contributed by atoms with Crippen LogP contribution in [0.5, 0.6) is 0 Å². The molecule has 22 heavy (non-hydrogen) atoms. The number of hydrogen-bond acceptors (Lipinski definition) is 3. The van der Waals surface area contributed by atoms with E-state index in [1.807, 2.05) is 6.92 Å². The van der Waals surface area contributed by atoms with Crippen molar-refractivity contribution in [3.8, 4) is 0 Å². The molecule has 1 saturated heterocycles. The topological polar surface area (TPSA) is 58.4 Å². The van der Waals surface area contributed by atoms with Crippen LogP contribution in [0.25, 0.3) is 0 Å². The van der Waals surface area contributed by atoms with E-state index in [0.717, 1.165) is 26.1 Å². The van der Waals surface area contributed by atoms with E-state index in [9.17, 15) is 4.79 Å². The molecular formula is C18H29N3O. The molecule has 1 heterocycles. The third-order valence-corrected chi connectivity index (χ3v) is 4.34. The molecule has 2 unspecified atom stereocenters. The van der Waals surface area contributed by atoms with Gasteiger partial charge in [0.25, 0.3) is 0 Å². The van der Waals surface area contributed by atoms with Crippen LogP contribution in [0, 0.1) is 0 Å². The van der Waals surface area contributed by atoms with E-state index in [1.165, 1.54) is 24.8 Å². The average molecular weight is 303 g/mol. The van der Waals surface area contributed by atoms with E-state index in [2.05, 4.69) is 40.5 Å². The van der Waals surface area contributed by atoms with Crippen molar-refractivity contribution < 1.29 is 4.79 Å². The number of nitrogens with two attached hydrogens (primary N) is 1. The Morgan fingerprint density at radius 2 is 2.14 bits per heavy atom. The Hall–Kier alpha value is -1.39. The molecule has 1 aromatic rings. The van der Waals surface area contributed by atoms with Crippen LogP contribution in [0.2, 0.25) is 0 Å². The van der Waals surface area contributed by atoms with Crippen LogP contribution >= 0.6 is 0 Å². The molecule has 4 heteroatoms. The maximum absolute atomic E-state index is 11.9. The lowest BCUT2D eigenvalue weighted by molar-refractivity contribution is -0.121. The van der Waals surface area contributed by atoms with Gasteiger partial charge in [0, 0.05) is 31.6 Å². The molecule has 0 saturated carbocycles. The van der Waals surface area contributed by atoms with Crippen LogP contribution in [0.15, 0.2) is 30.3 Å². The van der Waals surface area contributed by atoms with Crippen molar-refractivity contribution in [3.05, 3.63) is 35.9 Å². The van der Waals surface area contributed by atoms with Gasteiger partial charge >= 0.3 is 0 Å². The Bertz CT molecular complexity index is 447. The number of carbonyl (C=O) groups is 1. The largest absolute Gasteiger partial charge is 0.355 e. The van der Waals surface area contributed by atoms with E-state index >= 15 is 0 Å². The molecule has 122 valence electrons. The number of likely N-dealkylation sites (tertiary alicyclic amines) is 1. The van der Waals surface area contributed by atoms with Gasteiger partial charge in [-0.15, -0.1) is 0 Å². The summed E-state index contributed by atoms with van der Waals surface area (Å²) in [6.45, 7) is 4.79. The zero-order valence-electron chi connectivity index (χ0n) is 13.6. The maximum Gasteiger partial charge on any atom is 0.220 e. The molecule has 0 spiro atoms. The number of hydrogen-bond donors (Lipinski definition) is 2. The Kier molecular flexibility index (Phi) is 6.87. The van der Waals surface area contributed by atoms with E-state index in [0.29, 0.717) is 12.5 Å². The van der Waals surface area contributed by atoms with Crippen molar-refractivity contribution in [1.29, 1.82) is 0 Å². The van der Waals surface area contributed by atoms with Gasteiger partial charge in [0.1, 0.15) is 0 Å². The van der Waals surface area contributed by atoms with Crippen molar-refractivity contribution in [2.75, 3.05) is 13.1 Å². The molecule has 1 aromatic carbocycles. The highest BCUT2D eigenvalue weighted by Gasteiger charge is 2.22. The smallest absolute Gasteiger partial charge is 0.220 e. The van der Waals surface area contributed by atoms with E-state index in [-0.39, 0.29) is 11.9 Å². The molecule has 0 radical (unpaired) electrons. The fourth-order valence-electron chi connectivity index (χ4n) is 3.00. The summed E-state index contributed by atoms with van der Waals surface area (Å²) in [4.78, 5) is 14.4. The van der Waals surface area contributed by atoms with Gasteiger partial charge in [-0.25, -0.2) is 0 Å². The predicted octanol–water partition coefficient (Wildman–Crippen LogP) is 2.28. The minimum absolute atomic E-state index is 0.0926. The fourth-order valence-corrected chi connectivity index (χ4v) is 3.00. The van der Waals surface area contributed by atoms with Crippen LogP contribution in [-0.4, -0.2) is 36.0 Å². The Balaban J connectivity index is 1.81. The minimum Gasteiger partial charge on any atom is -0.355 e. The summed E-state index contributed by atoms with van der Waals surface area (Å²) in [5.41, 5.74) is 7.04. The summed E-state index contributed by atoms with van der Waals surface area (Å²) in [7, 11) is 0. The first-order valence-electron chi connectivity index (χ1n) is 8.45. The quantitative estimate of drug-likeness (QED) is 0.812. The Morgan fingerprint density at radius 1 is 1.36 bits per heavy atom. The molecule has 1 amide bonds. The molecule has 2 atom stereocenters. The van der Waals surface area contributed by atoms with Crippen LogP contribution < -0.4 is 11.1 Å². The molecule has 0 aromatic heterocycles. The minimum atomic E-state index is 0.0926. The summed E-state index contributed by atoms with van der Waals surface area (Å²) in [5, 5.41) is 3.09. The summed E-state index contributed by atoms with van der Waals surface area (Å²) >= 11 is 0. The molecule has 0 aliphatic carbocycles. The first-order chi connectivity index (χ1) is 10.6. The predicted molar refractivity (Wildman–Crippen MR) is 90.4 cm³/mol. The summed E-state index contributed by atoms with van der Waals surface area (Å²) in [6, 6.07) is 11.1. The number of carbonyl (C=O) groups excluding carboxylic acids is 1. The van der Waals surface area contributed by atoms with E-state index in [1.54, 1.807) is 0 Å². The number of rotatable bonds is 7. The third kappa shape index (κ3) is 5.78. The van der Waals surface area contributed by atoms with Crippen molar-refractivity contribution in [2.24, 2.45) is 5.73 Å². The van der Waals surface area contributed by atoms with Gasteiger partial charge in [-0.3, -0.25) is 9.69 Å². The van der Waals surface area contributed by atoms with Gasteiger partial charge in [0.2, 0.25) is 5.91 Å². The molecule has 3 N–H and O–H groups in total. The zero-order valence-corrected chi connectivity index (χ0v) is 13.6. The van der Waals surface area contributed by atoms with Crippen LogP contribution in [0.3, 0.4) is 0 Å². The second-order valence-electron chi connectivity index (χ2n) is 6.43. The first kappa shape index (κ1) is 17.0. The second kappa shape index (κ2) is 8.91. The van der Waals surface area contributed by atoms with Crippen molar-refractivity contribution in [3.63, 3.8) is 0 Å². The highest BCUT2D eigenvalue weighted by Crippen LogP contribution is 2.19.